The third-order valence-electron chi connectivity index (χ3n) is 5.45. The van der Waals surface area contributed by atoms with Crippen LogP contribution in [0.1, 0.15) is 22.3 Å². The number of nitrogens with zero attached hydrogens (tertiary/aromatic N) is 1. The Kier molecular flexibility index (Phi) is 6.06. The van der Waals surface area contributed by atoms with E-state index in [4.69, 9.17) is 9.72 Å². The van der Waals surface area contributed by atoms with Crippen LogP contribution in [0.2, 0.25) is 0 Å². The normalized spacial score (nSPS) is 10.0. The number of hydrogen-bond donors (Lipinski definition) is 0. The van der Waals surface area contributed by atoms with E-state index in [9.17, 15) is 0 Å². The number of aromatic nitrogens is 1. The third kappa shape index (κ3) is 4.53. The first-order chi connectivity index (χ1) is 16.8. The number of para-hydroxylation sites is 1. The second-order valence-corrected chi connectivity index (χ2v) is 7.69. The van der Waals surface area contributed by atoms with Gasteiger partial charge in [0.1, 0.15) is 5.75 Å². The molecule has 1 aromatic heterocycles. The highest BCUT2D eigenvalue weighted by Crippen LogP contribution is 2.31. The molecule has 0 radical (unpaired) electrons. The van der Waals surface area contributed by atoms with Crippen molar-refractivity contribution < 1.29 is 4.74 Å². The van der Waals surface area contributed by atoms with Crippen molar-refractivity contribution in [2.75, 3.05) is 7.11 Å². The van der Waals surface area contributed by atoms with Crippen LogP contribution >= 0.6 is 0 Å². The first-order valence-corrected chi connectivity index (χ1v) is 11.0. The molecule has 0 amide bonds. The summed E-state index contributed by atoms with van der Waals surface area (Å²) in [4.78, 5) is 5.02. The highest BCUT2D eigenvalue weighted by molar-refractivity contribution is 5.92. The molecule has 0 bridgehead atoms. The highest BCUT2D eigenvalue weighted by atomic mass is 16.5. The number of hydrogen-bond acceptors (Lipinski definition) is 2. The van der Waals surface area contributed by atoms with E-state index in [-0.39, 0.29) is 0 Å². The molecule has 2 heteroatoms. The van der Waals surface area contributed by atoms with Gasteiger partial charge in [-0.1, -0.05) is 90.4 Å². The standard InChI is InChI=1S/C32H21NO/c1-34-27-16-10-15-26(23-27)32-30(22-20-25-13-6-3-7-14-25)28(21-19-24-11-4-2-5-12-24)29-17-8-9-18-31(29)33-32/h2-18,23H,1H3. The van der Waals surface area contributed by atoms with Crippen LogP contribution in [0.25, 0.3) is 22.2 Å². The minimum Gasteiger partial charge on any atom is -0.497 e. The lowest BCUT2D eigenvalue weighted by Crippen LogP contribution is -1.97. The SMILES string of the molecule is COc1cccc(-c2nc3ccccc3c(C#Cc3ccccc3)c2C#Cc2ccccc2)c1. The van der Waals surface area contributed by atoms with Crippen molar-refractivity contribution in [2.24, 2.45) is 0 Å². The van der Waals surface area contributed by atoms with Crippen LogP contribution in [0.4, 0.5) is 0 Å². The predicted octanol–water partition coefficient (Wildman–Crippen LogP) is 6.71. The van der Waals surface area contributed by atoms with Gasteiger partial charge in [-0.2, -0.15) is 0 Å². The molecule has 0 unspecified atom stereocenters. The van der Waals surface area contributed by atoms with E-state index < -0.39 is 0 Å². The molecule has 2 nitrogen and oxygen atoms in total. The van der Waals surface area contributed by atoms with Gasteiger partial charge < -0.3 is 4.74 Å². The summed E-state index contributed by atoms with van der Waals surface area (Å²) < 4.78 is 5.48. The van der Waals surface area contributed by atoms with E-state index in [1.165, 1.54) is 0 Å². The molecule has 1 heterocycles. The monoisotopic (exact) mass is 435 g/mol. The van der Waals surface area contributed by atoms with E-state index in [0.29, 0.717) is 0 Å². The molecular weight excluding hydrogens is 414 g/mol. The van der Waals surface area contributed by atoms with Crippen LogP contribution in [-0.4, -0.2) is 12.1 Å². The zero-order valence-corrected chi connectivity index (χ0v) is 18.7. The van der Waals surface area contributed by atoms with E-state index in [1.54, 1.807) is 7.11 Å². The minimum atomic E-state index is 0.770. The zero-order valence-electron chi connectivity index (χ0n) is 18.7. The molecular formula is C32H21NO. The quantitative estimate of drug-likeness (QED) is 0.288. The average molecular weight is 436 g/mol. The second-order valence-electron chi connectivity index (χ2n) is 7.69. The Morgan fingerprint density at radius 2 is 1.21 bits per heavy atom. The van der Waals surface area contributed by atoms with Crippen molar-refractivity contribution in [2.45, 2.75) is 0 Å². The molecule has 34 heavy (non-hydrogen) atoms. The summed E-state index contributed by atoms with van der Waals surface area (Å²) in [5, 5.41) is 0.981. The van der Waals surface area contributed by atoms with E-state index in [1.807, 2.05) is 103 Å². The molecule has 0 fully saturated rings. The molecule has 160 valence electrons. The Bertz CT molecular complexity index is 1580. The fraction of sp³-hybridized carbons (Fsp3) is 0.0312. The molecule has 0 aliphatic heterocycles. The highest BCUT2D eigenvalue weighted by Gasteiger charge is 2.15. The topological polar surface area (TPSA) is 22.1 Å². The van der Waals surface area contributed by atoms with Crippen molar-refractivity contribution in [3.63, 3.8) is 0 Å². The fourth-order valence-electron chi connectivity index (χ4n) is 3.76. The lowest BCUT2D eigenvalue weighted by molar-refractivity contribution is 0.415. The van der Waals surface area contributed by atoms with Gasteiger partial charge in [-0.3, -0.25) is 0 Å². The first kappa shape index (κ1) is 21.1. The van der Waals surface area contributed by atoms with Crippen molar-refractivity contribution >= 4 is 10.9 Å². The maximum absolute atomic E-state index is 5.48. The van der Waals surface area contributed by atoms with Crippen molar-refractivity contribution in [1.82, 2.24) is 4.98 Å². The molecule has 0 atom stereocenters. The molecule has 0 N–H and O–H groups in total. The number of rotatable bonds is 2. The molecule has 5 rings (SSSR count). The van der Waals surface area contributed by atoms with Gasteiger partial charge in [0.15, 0.2) is 0 Å². The molecule has 0 saturated heterocycles. The van der Waals surface area contributed by atoms with Gasteiger partial charge in [-0.15, -0.1) is 0 Å². The molecule has 4 aromatic carbocycles. The van der Waals surface area contributed by atoms with Gasteiger partial charge >= 0.3 is 0 Å². The number of benzene rings is 4. The Morgan fingerprint density at radius 1 is 0.588 bits per heavy atom. The lowest BCUT2D eigenvalue weighted by atomic mass is 9.96. The Balaban J connectivity index is 1.81. The largest absolute Gasteiger partial charge is 0.497 e. The van der Waals surface area contributed by atoms with Crippen molar-refractivity contribution in [1.29, 1.82) is 0 Å². The number of pyridine rings is 1. The van der Waals surface area contributed by atoms with Crippen LogP contribution in [0.5, 0.6) is 5.75 Å². The second kappa shape index (κ2) is 9.78. The third-order valence-corrected chi connectivity index (χ3v) is 5.45. The number of methoxy groups -OCH3 is 1. The molecule has 0 spiro atoms. The van der Waals surface area contributed by atoms with Gasteiger partial charge in [0.05, 0.1) is 29.4 Å². The smallest absolute Gasteiger partial charge is 0.119 e. The van der Waals surface area contributed by atoms with Crippen molar-refractivity contribution in [3.8, 4) is 40.7 Å². The fourth-order valence-corrected chi connectivity index (χ4v) is 3.76. The van der Waals surface area contributed by atoms with Gasteiger partial charge in [-0.25, -0.2) is 4.98 Å². The summed E-state index contributed by atoms with van der Waals surface area (Å²) >= 11 is 0. The Labute approximate surface area is 199 Å². The lowest BCUT2D eigenvalue weighted by Gasteiger charge is -2.11. The molecule has 0 saturated carbocycles. The van der Waals surface area contributed by atoms with E-state index in [2.05, 4.69) is 29.7 Å². The van der Waals surface area contributed by atoms with E-state index >= 15 is 0 Å². The zero-order chi connectivity index (χ0) is 23.2. The van der Waals surface area contributed by atoms with Crippen LogP contribution in [0.15, 0.2) is 109 Å². The first-order valence-electron chi connectivity index (χ1n) is 11.0. The van der Waals surface area contributed by atoms with Gasteiger partial charge in [0.2, 0.25) is 0 Å². The summed E-state index contributed by atoms with van der Waals surface area (Å²) in [7, 11) is 1.67. The predicted molar refractivity (Wildman–Crippen MR) is 139 cm³/mol. The van der Waals surface area contributed by atoms with Crippen LogP contribution in [-0.2, 0) is 0 Å². The summed E-state index contributed by atoms with van der Waals surface area (Å²) in [6.07, 6.45) is 0. The summed E-state index contributed by atoms with van der Waals surface area (Å²) in [6, 6.07) is 35.9. The van der Waals surface area contributed by atoms with Crippen LogP contribution < -0.4 is 4.74 Å². The Morgan fingerprint density at radius 3 is 1.88 bits per heavy atom. The number of fused-ring (bicyclic) bond motifs is 1. The van der Waals surface area contributed by atoms with Gasteiger partial charge in [0, 0.05) is 22.1 Å². The van der Waals surface area contributed by atoms with Gasteiger partial charge in [0.25, 0.3) is 0 Å². The molecule has 0 aliphatic rings. The minimum absolute atomic E-state index is 0.770. The Hall–Kier alpha value is -4.79. The van der Waals surface area contributed by atoms with Crippen molar-refractivity contribution in [3.05, 3.63) is 131 Å². The van der Waals surface area contributed by atoms with E-state index in [0.717, 1.165) is 50.2 Å². The molecule has 0 aliphatic carbocycles. The van der Waals surface area contributed by atoms with Crippen LogP contribution in [0, 0.1) is 23.7 Å². The molecule has 5 aromatic rings. The maximum atomic E-state index is 5.48. The maximum Gasteiger partial charge on any atom is 0.119 e. The number of ether oxygens (including phenoxy) is 1. The summed E-state index contributed by atoms with van der Waals surface area (Å²) in [5.74, 6) is 14.2. The van der Waals surface area contributed by atoms with Gasteiger partial charge in [-0.05, 0) is 42.5 Å². The average Bonchev–Trinajstić information content (AvgIpc) is 2.91. The summed E-state index contributed by atoms with van der Waals surface area (Å²) in [5.41, 5.74) is 6.17. The summed E-state index contributed by atoms with van der Waals surface area (Å²) in [6.45, 7) is 0. The van der Waals surface area contributed by atoms with Crippen LogP contribution in [0.3, 0.4) is 0 Å².